The number of ketones is 1. The van der Waals surface area contributed by atoms with E-state index in [1.807, 2.05) is 0 Å². The van der Waals surface area contributed by atoms with E-state index < -0.39 is 17.8 Å². The third kappa shape index (κ3) is 1.67. The molecular formula is C16H12O6. The third-order valence-corrected chi connectivity index (χ3v) is 4.07. The van der Waals surface area contributed by atoms with Crippen molar-refractivity contribution in [2.75, 3.05) is 13.9 Å². The van der Waals surface area contributed by atoms with Crippen molar-refractivity contribution in [3.05, 3.63) is 47.4 Å². The van der Waals surface area contributed by atoms with Crippen molar-refractivity contribution >= 4 is 11.8 Å². The fourth-order valence-electron chi connectivity index (χ4n) is 3.08. The van der Waals surface area contributed by atoms with Crippen molar-refractivity contribution in [2.45, 2.75) is 5.92 Å². The number of Topliss-reactive ketones (excluding diaryl/α,β-unsaturated/α-hetero) is 1. The van der Waals surface area contributed by atoms with Gasteiger partial charge in [-0.1, -0.05) is 0 Å². The quantitative estimate of drug-likeness (QED) is 0.624. The maximum absolute atomic E-state index is 12.7. The molecule has 0 amide bonds. The Balaban J connectivity index is 1.90. The number of hydrogen-bond acceptors (Lipinski definition) is 6. The predicted molar refractivity (Wildman–Crippen MR) is 73.0 cm³/mol. The number of benzene rings is 1. The normalized spacial score (nSPS) is 21.8. The van der Waals surface area contributed by atoms with Gasteiger partial charge in [-0.2, -0.15) is 0 Å². The van der Waals surface area contributed by atoms with Gasteiger partial charge >= 0.3 is 5.97 Å². The van der Waals surface area contributed by atoms with Crippen LogP contribution in [0.2, 0.25) is 0 Å². The number of fused-ring (bicyclic) bond motifs is 2. The monoisotopic (exact) mass is 300 g/mol. The summed E-state index contributed by atoms with van der Waals surface area (Å²) in [5, 5.41) is 0. The Kier molecular flexibility index (Phi) is 2.72. The van der Waals surface area contributed by atoms with Crippen LogP contribution in [0.25, 0.3) is 0 Å². The summed E-state index contributed by atoms with van der Waals surface area (Å²) in [4.78, 5) is 24.8. The van der Waals surface area contributed by atoms with Crippen molar-refractivity contribution in [3.8, 4) is 11.5 Å². The van der Waals surface area contributed by atoms with Crippen molar-refractivity contribution in [1.29, 1.82) is 0 Å². The van der Waals surface area contributed by atoms with Gasteiger partial charge in [0.15, 0.2) is 17.3 Å². The van der Waals surface area contributed by atoms with Gasteiger partial charge in [0.2, 0.25) is 6.79 Å². The molecule has 4 rings (SSSR count). The fourth-order valence-corrected chi connectivity index (χ4v) is 3.08. The van der Waals surface area contributed by atoms with Gasteiger partial charge in [-0.05, 0) is 29.8 Å². The second-order valence-corrected chi connectivity index (χ2v) is 5.15. The average molecular weight is 300 g/mol. The summed E-state index contributed by atoms with van der Waals surface area (Å²) in [7, 11) is 1.27. The van der Waals surface area contributed by atoms with Crippen LogP contribution in [-0.4, -0.2) is 25.7 Å². The van der Waals surface area contributed by atoms with Crippen molar-refractivity contribution < 1.29 is 28.2 Å². The minimum atomic E-state index is -0.950. The first-order chi connectivity index (χ1) is 10.7. The summed E-state index contributed by atoms with van der Waals surface area (Å²) in [6.07, 6.45) is 1.51. The molecule has 0 saturated heterocycles. The summed E-state index contributed by atoms with van der Waals surface area (Å²) in [5.74, 6) is -0.718. The molecule has 1 aliphatic heterocycles. The minimum absolute atomic E-state index is 0.123. The Morgan fingerprint density at radius 1 is 1.27 bits per heavy atom. The first kappa shape index (κ1) is 12.9. The van der Waals surface area contributed by atoms with Gasteiger partial charge < -0.3 is 18.6 Å². The summed E-state index contributed by atoms with van der Waals surface area (Å²) in [5.41, 5.74) is 1.14. The van der Waals surface area contributed by atoms with Gasteiger partial charge in [-0.3, -0.25) is 9.59 Å². The molecule has 22 heavy (non-hydrogen) atoms. The van der Waals surface area contributed by atoms with Crippen molar-refractivity contribution in [2.24, 2.45) is 5.92 Å². The molecule has 0 saturated carbocycles. The molecular weight excluding hydrogens is 288 g/mol. The predicted octanol–water partition coefficient (Wildman–Crippen LogP) is 2.13. The molecule has 112 valence electrons. The van der Waals surface area contributed by atoms with E-state index in [9.17, 15) is 9.59 Å². The maximum atomic E-state index is 12.7. The summed E-state index contributed by atoms with van der Waals surface area (Å²) < 4.78 is 20.9. The molecule has 2 aromatic rings. The highest BCUT2D eigenvalue weighted by atomic mass is 16.7. The highest BCUT2D eigenvalue weighted by Gasteiger charge is 2.48. The molecule has 2 atom stereocenters. The van der Waals surface area contributed by atoms with E-state index in [1.165, 1.54) is 13.4 Å². The van der Waals surface area contributed by atoms with Crippen LogP contribution < -0.4 is 9.47 Å². The minimum Gasteiger partial charge on any atom is -0.469 e. The topological polar surface area (TPSA) is 75.0 Å². The van der Waals surface area contributed by atoms with Crippen molar-refractivity contribution in [1.82, 2.24) is 0 Å². The first-order valence-electron chi connectivity index (χ1n) is 6.79. The lowest BCUT2D eigenvalue weighted by Gasteiger charge is -2.15. The molecule has 1 aliphatic carbocycles. The van der Waals surface area contributed by atoms with Gasteiger partial charge in [0.25, 0.3) is 0 Å². The second-order valence-electron chi connectivity index (χ2n) is 5.15. The van der Waals surface area contributed by atoms with Crippen molar-refractivity contribution in [3.63, 3.8) is 0 Å². The Hall–Kier alpha value is -2.76. The molecule has 0 spiro atoms. The zero-order valence-electron chi connectivity index (χ0n) is 11.7. The van der Waals surface area contributed by atoms with Gasteiger partial charge in [0, 0.05) is 5.56 Å². The van der Waals surface area contributed by atoms with Crippen LogP contribution in [0.3, 0.4) is 0 Å². The summed E-state index contributed by atoms with van der Waals surface area (Å²) >= 11 is 0. The van der Waals surface area contributed by atoms with E-state index in [4.69, 9.17) is 18.6 Å². The number of esters is 1. The Morgan fingerprint density at radius 2 is 2.05 bits per heavy atom. The molecule has 1 aromatic carbocycles. The molecule has 0 radical (unpaired) electrons. The maximum Gasteiger partial charge on any atom is 0.317 e. The molecule has 2 aliphatic rings. The number of furan rings is 1. The molecule has 2 heterocycles. The van der Waals surface area contributed by atoms with Crippen LogP contribution in [0.4, 0.5) is 0 Å². The van der Waals surface area contributed by atoms with Crippen LogP contribution in [0, 0.1) is 5.92 Å². The lowest BCUT2D eigenvalue weighted by atomic mass is 9.90. The lowest BCUT2D eigenvalue weighted by Crippen LogP contribution is -2.25. The molecule has 1 aromatic heterocycles. The SMILES string of the molecule is COC(=O)[C@@H]1C(=O)c2cc3c(cc2[C@H]1c1ccco1)OCO3. The number of methoxy groups -OCH3 is 1. The number of hydrogen-bond donors (Lipinski definition) is 0. The number of carbonyl (C=O) groups is 2. The highest BCUT2D eigenvalue weighted by Crippen LogP contribution is 2.47. The van der Waals surface area contributed by atoms with E-state index in [0.717, 1.165) is 0 Å². The molecule has 0 N–H and O–H groups in total. The molecule has 0 fully saturated rings. The van der Waals surface area contributed by atoms with Crippen LogP contribution in [-0.2, 0) is 9.53 Å². The van der Waals surface area contributed by atoms with Gasteiger partial charge in [-0.15, -0.1) is 0 Å². The lowest BCUT2D eigenvalue weighted by molar-refractivity contribution is -0.144. The van der Waals surface area contributed by atoms with Gasteiger partial charge in [0.05, 0.1) is 19.3 Å². The first-order valence-corrected chi connectivity index (χ1v) is 6.79. The Morgan fingerprint density at radius 3 is 2.73 bits per heavy atom. The average Bonchev–Trinajstić information content (AvgIpc) is 3.24. The number of rotatable bonds is 2. The molecule has 0 unspecified atom stereocenters. The Bertz CT molecular complexity index is 761. The number of ether oxygens (including phenoxy) is 3. The van der Waals surface area contributed by atoms with E-state index >= 15 is 0 Å². The Labute approximate surface area is 125 Å². The highest BCUT2D eigenvalue weighted by molar-refractivity contribution is 6.14. The molecule has 6 nitrogen and oxygen atoms in total. The summed E-state index contributed by atoms with van der Waals surface area (Å²) in [6.45, 7) is 0.123. The van der Waals surface area contributed by atoms with Crippen LogP contribution >= 0.6 is 0 Å². The van der Waals surface area contributed by atoms with E-state index in [2.05, 4.69) is 0 Å². The zero-order valence-corrected chi connectivity index (χ0v) is 11.7. The van der Waals surface area contributed by atoms with Gasteiger partial charge in [-0.25, -0.2) is 0 Å². The third-order valence-electron chi connectivity index (χ3n) is 4.07. The zero-order chi connectivity index (χ0) is 15.3. The molecule has 6 heteroatoms. The smallest absolute Gasteiger partial charge is 0.317 e. The van der Waals surface area contributed by atoms with E-state index in [-0.39, 0.29) is 12.6 Å². The van der Waals surface area contributed by atoms with E-state index in [1.54, 1.807) is 24.3 Å². The van der Waals surface area contributed by atoms with E-state index in [0.29, 0.717) is 28.4 Å². The van der Waals surface area contributed by atoms with Crippen LogP contribution in [0.1, 0.15) is 27.6 Å². The standard InChI is InChI=1S/C16H12O6/c1-19-16(18)14-13(10-3-2-4-20-10)8-5-11-12(22-7-21-11)6-9(8)15(14)17/h2-6,13-14H,7H2,1H3/t13-,14-/m0/s1. The van der Waals surface area contributed by atoms with Crippen LogP contribution in [0.5, 0.6) is 11.5 Å². The van der Waals surface area contributed by atoms with Crippen LogP contribution in [0.15, 0.2) is 34.9 Å². The largest absolute Gasteiger partial charge is 0.469 e. The number of carbonyl (C=O) groups excluding carboxylic acids is 2. The van der Waals surface area contributed by atoms with Gasteiger partial charge in [0.1, 0.15) is 11.7 Å². The molecule has 0 bridgehead atoms. The second kappa shape index (κ2) is 4.62. The summed E-state index contributed by atoms with van der Waals surface area (Å²) in [6, 6.07) is 6.83. The fraction of sp³-hybridized carbons (Fsp3) is 0.250.